The number of ketones is 1. The van der Waals surface area contributed by atoms with E-state index < -0.39 is 11.4 Å². The molecular formula is C26H33FN2O4. The molecule has 0 spiro atoms. The van der Waals surface area contributed by atoms with Crippen LogP contribution >= 0.6 is 0 Å². The van der Waals surface area contributed by atoms with E-state index >= 15 is 0 Å². The molecule has 1 saturated heterocycles. The molecule has 0 saturated carbocycles. The number of Topliss-reactive ketones (excluding diaryl/α,β-unsaturated/α-hetero) is 1. The topological polar surface area (TPSA) is 68.6 Å². The van der Waals surface area contributed by atoms with Gasteiger partial charge in [-0.25, -0.2) is 4.39 Å². The van der Waals surface area contributed by atoms with Crippen LogP contribution in [0.25, 0.3) is 5.69 Å². The first-order valence-electron chi connectivity index (χ1n) is 11.3. The molecular weight excluding hydrogens is 423 g/mol. The average molecular weight is 457 g/mol. The van der Waals surface area contributed by atoms with Crippen molar-refractivity contribution in [3.05, 3.63) is 52.6 Å². The summed E-state index contributed by atoms with van der Waals surface area (Å²) in [7, 11) is 0. The maximum atomic E-state index is 14.0. The van der Waals surface area contributed by atoms with E-state index in [1.54, 1.807) is 30.9 Å². The van der Waals surface area contributed by atoms with Gasteiger partial charge in [-0.1, -0.05) is 26.8 Å². The Balaban J connectivity index is 1.61. The number of amides is 1. The van der Waals surface area contributed by atoms with Crippen LogP contribution in [-0.2, 0) is 14.3 Å². The molecule has 2 aromatic rings. The van der Waals surface area contributed by atoms with Gasteiger partial charge >= 0.3 is 5.97 Å². The number of nitrogens with zero attached hydrogens (tertiary/aromatic N) is 2. The Bertz CT molecular complexity index is 1070. The second kappa shape index (κ2) is 9.49. The summed E-state index contributed by atoms with van der Waals surface area (Å²) in [6.07, 6.45) is 1.06. The van der Waals surface area contributed by atoms with Crippen LogP contribution in [0.3, 0.4) is 0 Å². The summed E-state index contributed by atoms with van der Waals surface area (Å²) in [6.45, 7) is 11.7. The Morgan fingerprint density at radius 1 is 1.06 bits per heavy atom. The number of rotatable bonds is 5. The summed E-state index contributed by atoms with van der Waals surface area (Å²) in [5.74, 6) is -1.24. The molecule has 1 aromatic heterocycles. The third-order valence-electron chi connectivity index (χ3n) is 6.25. The van der Waals surface area contributed by atoms with Crippen molar-refractivity contribution in [2.75, 3.05) is 19.7 Å². The number of carbonyl (C=O) groups is 3. The zero-order chi connectivity index (χ0) is 24.5. The van der Waals surface area contributed by atoms with E-state index in [0.29, 0.717) is 48.4 Å². The third-order valence-corrected chi connectivity index (χ3v) is 6.25. The Hall–Kier alpha value is -2.96. The average Bonchev–Trinajstić information content (AvgIpc) is 3.06. The highest BCUT2D eigenvalue weighted by molar-refractivity contribution is 5.99. The van der Waals surface area contributed by atoms with Crippen LogP contribution in [0.2, 0.25) is 0 Å². The minimum Gasteiger partial charge on any atom is -0.457 e. The van der Waals surface area contributed by atoms with Crippen molar-refractivity contribution in [1.29, 1.82) is 0 Å². The SMILES string of the molecule is Cc1ccc(-n2c(C)cc(C(=O)COC(=O)C3CCN(C(=O)C(C)(C)C)CC3)c2C)cc1F. The molecule has 6 nitrogen and oxygen atoms in total. The number of ether oxygens (including phenoxy) is 1. The zero-order valence-electron chi connectivity index (χ0n) is 20.3. The predicted octanol–water partition coefficient (Wildman–Crippen LogP) is 4.55. The van der Waals surface area contributed by atoms with Gasteiger partial charge in [0.25, 0.3) is 0 Å². The van der Waals surface area contributed by atoms with Gasteiger partial charge in [-0.05, 0) is 57.4 Å². The molecule has 1 fully saturated rings. The summed E-state index contributed by atoms with van der Waals surface area (Å²) < 4.78 is 21.2. The molecule has 33 heavy (non-hydrogen) atoms. The number of aromatic nitrogens is 1. The first-order valence-corrected chi connectivity index (χ1v) is 11.3. The molecule has 2 heterocycles. The van der Waals surface area contributed by atoms with Crippen LogP contribution < -0.4 is 0 Å². The Labute approximate surface area is 194 Å². The lowest BCUT2D eigenvalue weighted by atomic mass is 9.91. The van der Waals surface area contributed by atoms with E-state index in [9.17, 15) is 18.8 Å². The van der Waals surface area contributed by atoms with Crippen LogP contribution in [0.15, 0.2) is 24.3 Å². The minimum absolute atomic E-state index is 0.0771. The van der Waals surface area contributed by atoms with Crippen LogP contribution in [-0.4, -0.2) is 46.8 Å². The van der Waals surface area contributed by atoms with Crippen LogP contribution in [0.4, 0.5) is 4.39 Å². The number of carbonyl (C=O) groups excluding carboxylic acids is 3. The van der Waals surface area contributed by atoms with Gasteiger partial charge in [0, 0.05) is 41.1 Å². The van der Waals surface area contributed by atoms with E-state index in [-0.39, 0.29) is 30.0 Å². The van der Waals surface area contributed by atoms with Crippen molar-refractivity contribution in [2.45, 2.75) is 54.4 Å². The summed E-state index contributed by atoms with van der Waals surface area (Å²) in [4.78, 5) is 39.5. The molecule has 7 heteroatoms. The number of hydrogen-bond acceptors (Lipinski definition) is 4. The van der Waals surface area contributed by atoms with Crippen molar-refractivity contribution < 1.29 is 23.5 Å². The van der Waals surface area contributed by atoms with Gasteiger partial charge in [-0.2, -0.15) is 0 Å². The van der Waals surface area contributed by atoms with Gasteiger partial charge in [0.1, 0.15) is 5.82 Å². The number of likely N-dealkylation sites (tertiary alicyclic amines) is 1. The van der Waals surface area contributed by atoms with Crippen molar-refractivity contribution in [3.63, 3.8) is 0 Å². The zero-order valence-corrected chi connectivity index (χ0v) is 20.3. The first kappa shape index (κ1) is 24.7. The molecule has 3 rings (SSSR count). The first-order chi connectivity index (χ1) is 15.4. The summed E-state index contributed by atoms with van der Waals surface area (Å²) in [5, 5.41) is 0. The maximum absolute atomic E-state index is 14.0. The van der Waals surface area contributed by atoms with Gasteiger partial charge in [0.05, 0.1) is 5.92 Å². The molecule has 0 N–H and O–H groups in total. The lowest BCUT2D eigenvalue weighted by Gasteiger charge is -2.34. The van der Waals surface area contributed by atoms with Crippen molar-refractivity contribution in [2.24, 2.45) is 11.3 Å². The molecule has 0 radical (unpaired) electrons. The highest BCUT2D eigenvalue weighted by atomic mass is 19.1. The van der Waals surface area contributed by atoms with Crippen molar-refractivity contribution in [3.8, 4) is 5.69 Å². The fraction of sp³-hybridized carbons (Fsp3) is 0.500. The second-order valence-corrected chi connectivity index (χ2v) is 9.90. The molecule has 1 amide bonds. The fourth-order valence-corrected chi connectivity index (χ4v) is 4.29. The smallest absolute Gasteiger partial charge is 0.309 e. The standard InChI is InChI=1S/C26H33FN2O4/c1-16-7-8-20(14-22(16)27)29-17(2)13-21(18(29)3)23(30)15-33-24(31)19-9-11-28(12-10-19)25(32)26(4,5)6/h7-8,13-14,19H,9-12,15H2,1-6H3. The van der Waals surface area contributed by atoms with Gasteiger partial charge in [0.15, 0.2) is 6.61 Å². The van der Waals surface area contributed by atoms with Crippen LogP contribution in [0.5, 0.6) is 0 Å². The largest absolute Gasteiger partial charge is 0.457 e. The minimum atomic E-state index is -0.448. The van der Waals surface area contributed by atoms with Crippen molar-refractivity contribution in [1.82, 2.24) is 9.47 Å². The molecule has 0 aliphatic carbocycles. The molecule has 1 aromatic carbocycles. The lowest BCUT2D eigenvalue weighted by Crippen LogP contribution is -2.45. The van der Waals surface area contributed by atoms with Crippen molar-refractivity contribution >= 4 is 17.7 Å². The number of esters is 1. The van der Waals surface area contributed by atoms with Crippen LogP contribution in [0, 0.1) is 37.9 Å². The maximum Gasteiger partial charge on any atom is 0.309 e. The second-order valence-electron chi connectivity index (χ2n) is 9.90. The molecule has 178 valence electrons. The molecule has 1 aliphatic heterocycles. The Morgan fingerprint density at radius 2 is 1.70 bits per heavy atom. The molecule has 1 aliphatic rings. The number of benzene rings is 1. The van der Waals surface area contributed by atoms with Gasteiger partial charge in [-0.3, -0.25) is 14.4 Å². The number of piperidine rings is 1. The number of aryl methyl sites for hydroxylation is 2. The lowest BCUT2D eigenvalue weighted by molar-refractivity contribution is -0.152. The van der Waals surface area contributed by atoms with Gasteiger partial charge < -0.3 is 14.2 Å². The van der Waals surface area contributed by atoms with Gasteiger partial charge in [-0.15, -0.1) is 0 Å². The number of halogens is 1. The van der Waals surface area contributed by atoms with Crippen LogP contribution in [0.1, 0.15) is 60.9 Å². The third kappa shape index (κ3) is 5.34. The predicted molar refractivity (Wildman–Crippen MR) is 124 cm³/mol. The summed E-state index contributed by atoms with van der Waals surface area (Å²) in [6, 6.07) is 6.69. The molecule has 0 bridgehead atoms. The van der Waals surface area contributed by atoms with E-state index in [2.05, 4.69) is 0 Å². The normalized spacial score (nSPS) is 14.9. The summed E-state index contributed by atoms with van der Waals surface area (Å²) >= 11 is 0. The monoisotopic (exact) mass is 456 g/mol. The molecule has 0 unspecified atom stereocenters. The fourth-order valence-electron chi connectivity index (χ4n) is 4.29. The Kier molecular flexibility index (Phi) is 7.10. The highest BCUT2D eigenvalue weighted by Crippen LogP contribution is 2.25. The number of hydrogen-bond donors (Lipinski definition) is 0. The highest BCUT2D eigenvalue weighted by Gasteiger charge is 2.33. The van der Waals surface area contributed by atoms with E-state index in [1.165, 1.54) is 6.07 Å². The van der Waals surface area contributed by atoms with E-state index in [1.807, 2.05) is 38.3 Å². The van der Waals surface area contributed by atoms with E-state index in [4.69, 9.17) is 4.74 Å². The summed E-state index contributed by atoms with van der Waals surface area (Å²) in [5.41, 5.74) is 2.66. The van der Waals surface area contributed by atoms with E-state index in [0.717, 1.165) is 5.69 Å². The molecule has 0 atom stereocenters. The Morgan fingerprint density at radius 3 is 2.27 bits per heavy atom. The quantitative estimate of drug-likeness (QED) is 0.489. The van der Waals surface area contributed by atoms with Gasteiger partial charge in [0.2, 0.25) is 11.7 Å².